The Morgan fingerprint density at radius 3 is 2.52 bits per heavy atom. The van der Waals surface area contributed by atoms with Gasteiger partial charge in [0.1, 0.15) is 11.6 Å². The third-order valence-electron chi connectivity index (χ3n) is 4.34. The molecule has 1 unspecified atom stereocenters. The van der Waals surface area contributed by atoms with E-state index in [1.807, 2.05) is 18.2 Å². The average Bonchev–Trinajstić information content (AvgIpc) is 2.78. The second-order valence-electron chi connectivity index (χ2n) is 7.76. The van der Waals surface area contributed by atoms with Crippen molar-refractivity contribution in [3.63, 3.8) is 0 Å². The molecule has 0 saturated heterocycles. The van der Waals surface area contributed by atoms with E-state index in [4.69, 9.17) is 4.74 Å². The Morgan fingerprint density at radius 2 is 1.89 bits per heavy atom. The molecule has 27 heavy (non-hydrogen) atoms. The molecule has 7 nitrogen and oxygen atoms in total. The fraction of sp³-hybridized carbons (Fsp3) is 0.550. The molecular formula is C20H28N2O5. The summed E-state index contributed by atoms with van der Waals surface area (Å²) in [5, 5.41) is 11.7. The van der Waals surface area contributed by atoms with Crippen molar-refractivity contribution < 1.29 is 24.2 Å². The number of alkyl carbamates (subject to hydrolysis) is 1. The van der Waals surface area contributed by atoms with Crippen LogP contribution in [0.5, 0.6) is 0 Å². The molecule has 1 atom stereocenters. The molecule has 1 aromatic carbocycles. The van der Waals surface area contributed by atoms with Crippen LogP contribution in [0.1, 0.15) is 51.2 Å². The Labute approximate surface area is 159 Å². The standard InChI is InChI=1S/C20H28N2O5/c1-20(2,3)27-19(26)21-16(18(24)25)10-11-17(23)22-12-6-9-14-7-4-5-8-15(14)13-22/h4-5,7-8,16H,6,9-13H2,1-3H3,(H,21,26)(H,24,25). The lowest BCUT2D eigenvalue weighted by Crippen LogP contribution is -2.44. The Morgan fingerprint density at radius 1 is 1.22 bits per heavy atom. The smallest absolute Gasteiger partial charge is 0.408 e. The van der Waals surface area contributed by atoms with Crippen LogP contribution in [0.25, 0.3) is 0 Å². The van der Waals surface area contributed by atoms with Gasteiger partial charge in [0.25, 0.3) is 0 Å². The Kier molecular flexibility index (Phi) is 6.82. The highest BCUT2D eigenvalue weighted by molar-refractivity contribution is 5.82. The zero-order valence-electron chi connectivity index (χ0n) is 16.2. The van der Waals surface area contributed by atoms with Gasteiger partial charge in [-0.15, -0.1) is 0 Å². The molecule has 1 heterocycles. The summed E-state index contributed by atoms with van der Waals surface area (Å²) in [6.45, 7) is 6.27. The molecule has 2 N–H and O–H groups in total. The van der Waals surface area contributed by atoms with Crippen LogP contribution in [0.3, 0.4) is 0 Å². The van der Waals surface area contributed by atoms with Gasteiger partial charge >= 0.3 is 12.1 Å². The molecule has 2 rings (SSSR count). The van der Waals surface area contributed by atoms with Crippen LogP contribution >= 0.6 is 0 Å². The number of aryl methyl sites for hydroxylation is 1. The van der Waals surface area contributed by atoms with E-state index in [0.29, 0.717) is 13.1 Å². The molecule has 1 aliphatic rings. The zero-order chi connectivity index (χ0) is 20.0. The van der Waals surface area contributed by atoms with Crippen LogP contribution in [-0.4, -0.2) is 46.2 Å². The van der Waals surface area contributed by atoms with Crippen LogP contribution in [0.4, 0.5) is 4.79 Å². The number of carboxylic acid groups (broad SMARTS) is 1. The van der Waals surface area contributed by atoms with Gasteiger partial charge in [0.05, 0.1) is 0 Å². The summed E-state index contributed by atoms with van der Waals surface area (Å²) < 4.78 is 5.09. The number of rotatable bonds is 5. The van der Waals surface area contributed by atoms with Gasteiger partial charge in [0, 0.05) is 19.5 Å². The van der Waals surface area contributed by atoms with Crippen molar-refractivity contribution in [1.82, 2.24) is 10.2 Å². The van der Waals surface area contributed by atoms with Gasteiger partial charge in [0.2, 0.25) is 5.91 Å². The lowest BCUT2D eigenvalue weighted by molar-refractivity contribution is -0.140. The van der Waals surface area contributed by atoms with E-state index in [1.165, 1.54) is 5.56 Å². The number of amides is 2. The highest BCUT2D eigenvalue weighted by atomic mass is 16.6. The molecule has 0 aliphatic carbocycles. The van der Waals surface area contributed by atoms with E-state index in [0.717, 1.165) is 18.4 Å². The van der Waals surface area contributed by atoms with Crippen molar-refractivity contribution in [2.45, 2.75) is 64.6 Å². The topological polar surface area (TPSA) is 95.9 Å². The number of fused-ring (bicyclic) bond motifs is 1. The van der Waals surface area contributed by atoms with Gasteiger partial charge in [-0.05, 0) is 51.2 Å². The molecule has 0 bridgehead atoms. The van der Waals surface area contributed by atoms with Crippen molar-refractivity contribution in [2.24, 2.45) is 0 Å². The van der Waals surface area contributed by atoms with Gasteiger partial charge in [-0.2, -0.15) is 0 Å². The van der Waals surface area contributed by atoms with Gasteiger partial charge in [-0.25, -0.2) is 9.59 Å². The first-order valence-electron chi connectivity index (χ1n) is 9.22. The maximum absolute atomic E-state index is 12.6. The predicted octanol–water partition coefficient (Wildman–Crippen LogP) is 2.72. The van der Waals surface area contributed by atoms with Gasteiger partial charge < -0.3 is 20.1 Å². The SMILES string of the molecule is CC(C)(C)OC(=O)NC(CCC(=O)N1CCCc2ccccc2C1)C(=O)O. The van der Waals surface area contributed by atoms with Gasteiger partial charge in [-0.3, -0.25) is 4.79 Å². The third kappa shape index (κ3) is 6.58. The third-order valence-corrected chi connectivity index (χ3v) is 4.34. The number of carbonyl (C=O) groups is 3. The minimum Gasteiger partial charge on any atom is -0.480 e. The normalized spacial score (nSPS) is 15.3. The van der Waals surface area contributed by atoms with Crippen LogP contribution < -0.4 is 5.32 Å². The molecule has 0 radical (unpaired) electrons. The number of nitrogens with zero attached hydrogens (tertiary/aromatic N) is 1. The molecule has 2 amide bonds. The van der Waals surface area contributed by atoms with Crippen LogP contribution in [0.2, 0.25) is 0 Å². The number of carbonyl (C=O) groups excluding carboxylic acids is 2. The summed E-state index contributed by atoms with van der Waals surface area (Å²) in [5.41, 5.74) is 1.66. The van der Waals surface area contributed by atoms with Crippen molar-refractivity contribution in [2.75, 3.05) is 6.54 Å². The van der Waals surface area contributed by atoms with Gasteiger partial charge in [0.15, 0.2) is 0 Å². The lowest BCUT2D eigenvalue weighted by atomic mass is 10.0. The fourth-order valence-corrected chi connectivity index (χ4v) is 3.05. The number of ether oxygens (including phenoxy) is 1. The lowest BCUT2D eigenvalue weighted by Gasteiger charge is -2.23. The number of benzene rings is 1. The maximum atomic E-state index is 12.6. The fourth-order valence-electron chi connectivity index (χ4n) is 3.05. The molecular weight excluding hydrogens is 348 g/mol. The number of carboxylic acids is 1. The van der Waals surface area contributed by atoms with E-state index in [9.17, 15) is 19.5 Å². The van der Waals surface area contributed by atoms with Crippen LogP contribution in [0.15, 0.2) is 24.3 Å². The summed E-state index contributed by atoms with van der Waals surface area (Å²) >= 11 is 0. The van der Waals surface area contributed by atoms with E-state index in [2.05, 4.69) is 11.4 Å². The maximum Gasteiger partial charge on any atom is 0.408 e. The molecule has 1 aromatic rings. The highest BCUT2D eigenvalue weighted by Crippen LogP contribution is 2.19. The monoisotopic (exact) mass is 376 g/mol. The molecule has 1 aliphatic heterocycles. The predicted molar refractivity (Wildman–Crippen MR) is 100 cm³/mol. The average molecular weight is 376 g/mol. The zero-order valence-corrected chi connectivity index (χ0v) is 16.2. The molecule has 0 fully saturated rings. The summed E-state index contributed by atoms with van der Waals surface area (Å²) in [6, 6.07) is 6.89. The second-order valence-corrected chi connectivity index (χ2v) is 7.76. The summed E-state index contributed by atoms with van der Waals surface area (Å²) in [6.07, 6.45) is 1.07. The van der Waals surface area contributed by atoms with Crippen molar-refractivity contribution >= 4 is 18.0 Å². The Bertz CT molecular complexity index is 696. The summed E-state index contributed by atoms with van der Waals surface area (Å²) in [5.74, 6) is -1.29. The minimum atomic E-state index is -1.19. The first-order valence-corrected chi connectivity index (χ1v) is 9.22. The van der Waals surface area contributed by atoms with E-state index < -0.39 is 23.7 Å². The molecule has 148 valence electrons. The quantitative estimate of drug-likeness (QED) is 0.824. The minimum absolute atomic E-state index is 0.0194. The van der Waals surface area contributed by atoms with E-state index >= 15 is 0 Å². The number of aliphatic carboxylic acids is 1. The van der Waals surface area contributed by atoms with Crippen molar-refractivity contribution in [1.29, 1.82) is 0 Å². The van der Waals surface area contributed by atoms with Crippen molar-refractivity contribution in [3.8, 4) is 0 Å². The number of hydrogen-bond acceptors (Lipinski definition) is 4. The molecule has 0 aromatic heterocycles. The largest absolute Gasteiger partial charge is 0.480 e. The Balaban J connectivity index is 1.92. The van der Waals surface area contributed by atoms with Gasteiger partial charge in [-0.1, -0.05) is 24.3 Å². The van der Waals surface area contributed by atoms with Crippen molar-refractivity contribution in [3.05, 3.63) is 35.4 Å². The number of nitrogens with one attached hydrogen (secondary N) is 1. The Hall–Kier alpha value is -2.57. The van der Waals surface area contributed by atoms with E-state index in [-0.39, 0.29) is 18.7 Å². The first-order chi connectivity index (χ1) is 12.7. The molecule has 0 spiro atoms. The van der Waals surface area contributed by atoms with Crippen LogP contribution in [-0.2, 0) is 27.3 Å². The summed E-state index contributed by atoms with van der Waals surface area (Å²) in [4.78, 5) is 37.6. The summed E-state index contributed by atoms with van der Waals surface area (Å²) in [7, 11) is 0. The first kappa shape index (κ1) is 20.7. The highest BCUT2D eigenvalue weighted by Gasteiger charge is 2.26. The molecule has 7 heteroatoms. The number of hydrogen-bond donors (Lipinski definition) is 2. The van der Waals surface area contributed by atoms with E-state index in [1.54, 1.807) is 25.7 Å². The van der Waals surface area contributed by atoms with Crippen LogP contribution in [0, 0.1) is 0 Å². The molecule has 0 saturated carbocycles. The second kappa shape index (κ2) is 8.88.